The molecule has 0 amide bonds. The zero-order chi connectivity index (χ0) is 24.5. The maximum Gasteiger partial charge on any atom is 0.323 e. The molecule has 2 aromatic rings. The van der Waals surface area contributed by atoms with Gasteiger partial charge in [0.2, 0.25) is 0 Å². The normalized spacial score (nSPS) is 18.5. The second-order valence-electron chi connectivity index (χ2n) is 9.15. The van der Waals surface area contributed by atoms with Gasteiger partial charge in [0.25, 0.3) is 0 Å². The molecule has 0 unspecified atom stereocenters. The first-order valence-corrected chi connectivity index (χ1v) is 12.7. The molecule has 0 fully saturated rings. The van der Waals surface area contributed by atoms with E-state index < -0.39 is 11.9 Å². The number of hydrogen-bond acceptors (Lipinski definition) is 5. The maximum atomic E-state index is 13.2. The van der Waals surface area contributed by atoms with Gasteiger partial charge in [-0.25, -0.2) is 0 Å². The number of allylic oxidation sites excluding steroid dienone is 4. The van der Waals surface area contributed by atoms with E-state index in [4.69, 9.17) is 4.74 Å². The summed E-state index contributed by atoms with van der Waals surface area (Å²) in [5.41, 5.74) is 4.59. The number of ketones is 2. The fourth-order valence-electron chi connectivity index (χ4n) is 5.42. The van der Waals surface area contributed by atoms with E-state index in [0.29, 0.717) is 62.0 Å². The predicted octanol–water partition coefficient (Wildman–Crippen LogP) is 5.53. The quantitative estimate of drug-likeness (QED) is 0.523. The number of carbonyl (C=O) groups excluding carboxylic acids is 2. The van der Waals surface area contributed by atoms with Crippen LogP contribution in [0, 0.1) is 0 Å². The van der Waals surface area contributed by atoms with Gasteiger partial charge < -0.3 is 14.7 Å². The number of hydrogen-bond donors (Lipinski definition) is 1. The molecule has 0 bridgehead atoms. The third kappa shape index (κ3) is 4.57. The Labute approximate surface area is 212 Å². The third-order valence-corrected chi connectivity index (χ3v) is 7.53. The van der Waals surface area contributed by atoms with Crippen molar-refractivity contribution in [3.05, 3.63) is 86.7 Å². The summed E-state index contributed by atoms with van der Waals surface area (Å²) < 4.78 is 6.75. The fourth-order valence-corrected chi connectivity index (χ4v) is 5.94. The Kier molecular flexibility index (Phi) is 6.60. The number of carboxylic acid groups (broad SMARTS) is 1. The lowest BCUT2D eigenvalue weighted by Crippen LogP contribution is -2.41. The minimum Gasteiger partial charge on any atom is -0.488 e. The Morgan fingerprint density at radius 1 is 0.943 bits per heavy atom. The Morgan fingerprint density at radius 2 is 1.57 bits per heavy atom. The van der Waals surface area contributed by atoms with Gasteiger partial charge in [-0.3, -0.25) is 14.4 Å². The lowest BCUT2D eigenvalue weighted by atomic mass is 9.71. The van der Waals surface area contributed by atoms with E-state index >= 15 is 0 Å². The highest BCUT2D eigenvalue weighted by molar-refractivity contribution is 9.10. The van der Waals surface area contributed by atoms with Crippen LogP contribution in [0.25, 0.3) is 0 Å². The summed E-state index contributed by atoms with van der Waals surface area (Å²) in [6, 6.07) is 15.6. The maximum absolute atomic E-state index is 13.2. The Morgan fingerprint density at radius 3 is 2.14 bits per heavy atom. The van der Waals surface area contributed by atoms with E-state index in [2.05, 4.69) is 15.9 Å². The molecular weight excluding hydrogens is 510 g/mol. The topological polar surface area (TPSA) is 83.9 Å². The second-order valence-corrected chi connectivity index (χ2v) is 10.0. The van der Waals surface area contributed by atoms with E-state index in [0.717, 1.165) is 27.0 Å². The molecule has 5 rings (SSSR count). The van der Waals surface area contributed by atoms with Gasteiger partial charge in [-0.2, -0.15) is 0 Å². The lowest BCUT2D eigenvalue weighted by Gasteiger charge is -2.43. The van der Waals surface area contributed by atoms with E-state index in [-0.39, 0.29) is 18.1 Å². The molecule has 0 aromatic heterocycles. The number of halogens is 1. The molecule has 0 spiro atoms. The molecule has 1 aliphatic heterocycles. The first-order valence-electron chi connectivity index (χ1n) is 11.9. The highest BCUT2D eigenvalue weighted by Gasteiger charge is 2.43. The number of aliphatic carboxylic acids is 1. The van der Waals surface area contributed by atoms with Crippen molar-refractivity contribution in [2.24, 2.45) is 0 Å². The molecule has 6 nitrogen and oxygen atoms in total. The number of carbonyl (C=O) groups is 3. The molecule has 0 saturated carbocycles. The first kappa shape index (κ1) is 23.5. The standard InChI is InChI=1S/C28H26BrNO5/c29-19-14-18(12-13-24(19)35-16-17-6-2-1-3-7-17)26-27-20(8-4-10-22(27)31)30(15-25(33)34)21-9-5-11-23(32)28(21)26/h1-3,6-7,12-14,26H,4-5,8-11,15-16H2,(H,33,34). The van der Waals surface area contributed by atoms with Crippen LogP contribution < -0.4 is 4.74 Å². The minimum absolute atomic E-state index is 0.00270. The monoisotopic (exact) mass is 535 g/mol. The van der Waals surface area contributed by atoms with Gasteiger partial charge in [-0.15, -0.1) is 0 Å². The largest absolute Gasteiger partial charge is 0.488 e. The zero-order valence-electron chi connectivity index (χ0n) is 19.3. The first-order chi connectivity index (χ1) is 16.9. The molecule has 0 saturated heterocycles. The summed E-state index contributed by atoms with van der Waals surface area (Å²) in [7, 11) is 0. The number of Topliss-reactive ketones (excluding diaryl/α,β-unsaturated/α-hetero) is 2. The minimum atomic E-state index is -0.971. The average Bonchev–Trinajstić information content (AvgIpc) is 2.84. The van der Waals surface area contributed by atoms with Crippen LogP contribution in [0.4, 0.5) is 0 Å². The van der Waals surface area contributed by atoms with Gasteiger partial charge in [-0.1, -0.05) is 36.4 Å². The molecule has 7 heteroatoms. The molecule has 2 aromatic carbocycles. The van der Waals surface area contributed by atoms with Crippen LogP contribution in [-0.2, 0) is 21.0 Å². The summed E-state index contributed by atoms with van der Waals surface area (Å²) in [5, 5.41) is 9.58. The van der Waals surface area contributed by atoms with Crippen LogP contribution in [0.5, 0.6) is 5.75 Å². The summed E-state index contributed by atoms with van der Waals surface area (Å²) in [5.74, 6) is -0.783. The highest BCUT2D eigenvalue weighted by Crippen LogP contribution is 2.49. The Balaban J connectivity index is 1.56. The van der Waals surface area contributed by atoms with E-state index in [1.165, 1.54) is 0 Å². The fraction of sp³-hybridized carbons (Fsp3) is 0.321. The van der Waals surface area contributed by atoms with Crippen LogP contribution in [0.1, 0.15) is 55.6 Å². The van der Waals surface area contributed by atoms with Gasteiger partial charge in [0.05, 0.1) is 4.47 Å². The van der Waals surface area contributed by atoms with Crippen molar-refractivity contribution < 1.29 is 24.2 Å². The molecule has 180 valence electrons. The number of carboxylic acids is 1. The summed E-state index contributed by atoms with van der Waals surface area (Å²) in [6.45, 7) is 0.189. The van der Waals surface area contributed by atoms with Crippen molar-refractivity contribution in [3.8, 4) is 5.75 Å². The van der Waals surface area contributed by atoms with E-state index in [1.54, 1.807) is 4.90 Å². The molecule has 0 radical (unpaired) electrons. The second kappa shape index (κ2) is 9.82. The summed E-state index contributed by atoms with van der Waals surface area (Å²) in [6.07, 6.45) is 3.46. The van der Waals surface area contributed by atoms with Crippen molar-refractivity contribution in [3.63, 3.8) is 0 Å². The van der Waals surface area contributed by atoms with E-state index in [1.807, 2.05) is 48.5 Å². The smallest absolute Gasteiger partial charge is 0.323 e. The molecule has 1 N–H and O–H groups in total. The lowest BCUT2D eigenvalue weighted by molar-refractivity contribution is -0.138. The number of rotatable bonds is 6. The van der Waals surface area contributed by atoms with Crippen molar-refractivity contribution in [2.75, 3.05) is 6.54 Å². The van der Waals surface area contributed by atoms with Gasteiger partial charge >= 0.3 is 5.97 Å². The van der Waals surface area contributed by atoms with Crippen LogP contribution in [0.15, 0.2) is 75.5 Å². The van der Waals surface area contributed by atoms with Crippen LogP contribution >= 0.6 is 15.9 Å². The van der Waals surface area contributed by atoms with Crippen molar-refractivity contribution in [1.82, 2.24) is 4.90 Å². The van der Waals surface area contributed by atoms with Crippen LogP contribution in [-0.4, -0.2) is 34.1 Å². The van der Waals surface area contributed by atoms with Gasteiger partial charge in [0.1, 0.15) is 18.9 Å². The Hall–Kier alpha value is -3.19. The number of ether oxygens (including phenoxy) is 1. The Bertz CT molecular complexity index is 1220. The van der Waals surface area contributed by atoms with Crippen molar-refractivity contribution in [1.29, 1.82) is 0 Å². The molecule has 2 aliphatic carbocycles. The van der Waals surface area contributed by atoms with Crippen LogP contribution in [0.2, 0.25) is 0 Å². The van der Waals surface area contributed by atoms with Gasteiger partial charge in [0, 0.05) is 41.3 Å². The summed E-state index contributed by atoms with van der Waals surface area (Å²) in [4.78, 5) is 39.9. The SMILES string of the molecule is O=C(O)CN1C2=C(C(=O)CCC2)C(c2ccc(OCc3ccccc3)c(Br)c2)C2=C1CCCC2=O. The van der Waals surface area contributed by atoms with Gasteiger partial charge in [0.15, 0.2) is 11.6 Å². The van der Waals surface area contributed by atoms with Gasteiger partial charge in [-0.05, 0) is 64.9 Å². The summed E-state index contributed by atoms with van der Waals surface area (Å²) >= 11 is 3.62. The number of benzene rings is 2. The van der Waals surface area contributed by atoms with Crippen molar-refractivity contribution in [2.45, 2.75) is 51.0 Å². The van der Waals surface area contributed by atoms with Crippen LogP contribution in [0.3, 0.4) is 0 Å². The predicted molar refractivity (Wildman–Crippen MR) is 134 cm³/mol. The average molecular weight is 536 g/mol. The van der Waals surface area contributed by atoms with Crippen molar-refractivity contribution >= 4 is 33.5 Å². The third-order valence-electron chi connectivity index (χ3n) is 6.91. The zero-order valence-corrected chi connectivity index (χ0v) is 20.8. The van der Waals surface area contributed by atoms with E-state index in [9.17, 15) is 19.5 Å². The number of nitrogens with zero attached hydrogens (tertiary/aromatic N) is 1. The molecule has 1 heterocycles. The molecule has 35 heavy (non-hydrogen) atoms. The molecule has 3 aliphatic rings. The molecule has 0 atom stereocenters. The molecular formula is C28H26BrNO5. The highest BCUT2D eigenvalue weighted by atomic mass is 79.9.